The van der Waals surface area contributed by atoms with Crippen LogP contribution in [0.3, 0.4) is 0 Å². The number of hydrogen-bond acceptors (Lipinski definition) is 2. The monoisotopic (exact) mass is 341 g/mol. The summed E-state index contributed by atoms with van der Waals surface area (Å²) in [5.74, 6) is 0.103. The molecule has 1 aromatic carbocycles. The van der Waals surface area contributed by atoms with E-state index in [4.69, 9.17) is 0 Å². The van der Waals surface area contributed by atoms with Crippen LogP contribution in [0.5, 0.6) is 0 Å². The van der Waals surface area contributed by atoms with Gasteiger partial charge in [0, 0.05) is 36.1 Å². The zero-order valence-corrected chi connectivity index (χ0v) is 15.5. The van der Waals surface area contributed by atoms with Gasteiger partial charge in [-0.1, -0.05) is 39.0 Å². The third kappa shape index (κ3) is 4.03. The largest absolute Gasteiger partial charge is 0.358 e. The molecule has 0 spiro atoms. The maximum Gasteiger partial charge on any atom is 0.224 e. The minimum Gasteiger partial charge on any atom is -0.358 e. The number of aromatic amines is 1. The van der Waals surface area contributed by atoms with Crippen LogP contribution in [0.2, 0.25) is 0 Å². The van der Waals surface area contributed by atoms with Gasteiger partial charge in [-0.3, -0.25) is 9.59 Å². The Morgan fingerprint density at radius 2 is 2.04 bits per heavy atom. The van der Waals surface area contributed by atoms with E-state index in [9.17, 15) is 9.59 Å². The molecule has 1 fully saturated rings. The quantitative estimate of drug-likeness (QED) is 0.898. The van der Waals surface area contributed by atoms with Crippen LogP contribution in [-0.4, -0.2) is 40.8 Å². The number of hydrogen-bond donors (Lipinski definition) is 2. The maximum atomic E-state index is 12.5. The van der Waals surface area contributed by atoms with Crippen LogP contribution in [0.1, 0.15) is 38.4 Å². The van der Waals surface area contributed by atoms with E-state index in [2.05, 4.69) is 31.1 Å². The number of aryl methyl sites for hydroxylation is 1. The molecular formula is C20H27N3O2. The smallest absolute Gasteiger partial charge is 0.224 e. The number of nitrogens with zero attached hydrogens (tertiary/aromatic N) is 1. The topological polar surface area (TPSA) is 65.2 Å². The Hall–Kier alpha value is -2.30. The fourth-order valence-corrected chi connectivity index (χ4v) is 3.60. The Bertz CT molecular complexity index is 801. The molecule has 3 rings (SSSR count). The fraction of sp³-hybridized carbons (Fsp3) is 0.500. The average molecular weight is 341 g/mol. The third-order valence-corrected chi connectivity index (χ3v) is 4.61. The molecule has 25 heavy (non-hydrogen) atoms. The maximum absolute atomic E-state index is 12.5. The predicted octanol–water partition coefficient (Wildman–Crippen LogP) is 2.78. The number of amides is 2. The Morgan fingerprint density at radius 1 is 1.32 bits per heavy atom. The number of carbonyl (C=O) groups excluding carboxylic acids is 2. The highest BCUT2D eigenvalue weighted by Gasteiger charge is 2.32. The standard InChI is InChI=1S/C20H27N3O2/c1-13-16(15-7-5-6-8-17(15)21-13)10-18(24)22-14-9-19(25)23(11-14)12-20(2,3)4/h5-8,14,21H,9-12H2,1-4H3,(H,22,24). The van der Waals surface area contributed by atoms with Crippen LogP contribution in [-0.2, 0) is 16.0 Å². The number of benzene rings is 1. The second-order valence-electron chi connectivity index (χ2n) is 8.25. The van der Waals surface area contributed by atoms with E-state index >= 15 is 0 Å². The van der Waals surface area contributed by atoms with Crippen LogP contribution in [0.15, 0.2) is 24.3 Å². The summed E-state index contributed by atoms with van der Waals surface area (Å²) in [5.41, 5.74) is 3.17. The molecule has 1 unspecified atom stereocenters. The van der Waals surface area contributed by atoms with Crippen molar-refractivity contribution in [3.8, 4) is 0 Å². The number of aromatic nitrogens is 1. The van der Waals surface area contributed by atoms with Gasteiger partial charge in [0.2, 0.25) is 11.8 Å². The van der Waals surface area contributed by atoms with Gasteiger partial charge >= 0.3 is 0 Å². The molecule has 0 aliphatic carbocycles. The lowest BCUT2D eigenvalue weighted by atomic mass is 9.96. The summed E-state index contributed by atoms with van der Waals surface area (Å²) in [4.78, 5) is 29.9. The van der Waals surface area contributed by atoms with Gasteiger partial charge in [0.1, 0.15) is 0 Å². The number of H-pyrrole nitrogens is 1. The summed E-state index contributed by atoms with van der Waals surface area (Å²) in [6.45, 7) is 9.67. The van der Waals surface area contributed by atoms with E-state index in [1.807, 2.05) is 36.1 Å². The van der Waals surface area contributed by atoms with E-state index in [0.29, 0.717) is 19.4 Å². The molecule has 1 aliphatic heterocycles. The number of carbonyl (C=O) groups is 2. The van der Waals surface area contributed by atoms with E-state index < -0.39 is 0 Å². The van der Waals surface area contributed by atoms with Crippen LogP contribution in [0.4, 0.5) is 0 Å². The first kappa shape index (κ1) is 17.5. The number of nitrogens with one attached hydrogen (secondary N) is 2. The minimum atomic E-state index is -0.0899. The molecular weight excluding hydrogens is 314 g/mol. The molecule has 2 aromatic rings. The number of fused-ring (bicyclic) bond motifs is 1. The molecule has 1 aliphatic rings. The average Bonchev–Trinajstić information content (AvgIpc) is 2.98. The number of rotatable bonds is 4. The molecule has 2 heterocycles. The van der Waals surface area contributed by atoms with E-state index in [0.717, 1.165) is 28.7 Å². The second kappa shape index (κ2) is 6.54. The van der Waals surface area contributed by atoms with Crippen molar-refractivity contribution in [1.82, 2.24) is 15.2 Å². The van der Waals surface area contributed by atoms with E-state index in [1.54, 1.807) is 0 Å². The molecule has 0 bridgehead atoms. The summed E-state index contributed by atoms with van der Waals surface area (Å²) >= 11 is 0. The first-order chi connectivity index (χ1) is 11.7. The molecule has 5 nitrogen and oxygen atoms in total. The molecule has 5 heteroatoms. The van der Waals surface area contributed by atoms with Crippen LogP contribution in [0, 0.1) is 12.3 Å². The van der Waals surface area contributed by atoms with Crippen molar-refractivity contribution in [3.05, 3.63) is 35.5 Å². The number of likely N-dealkylation sites (tertiary alicyclic amines) is 1. The third-order valence-electron chi connectivity index (χ3n) is 4.61. The summed E-state index contributed by atoms with van der Waals surface area (Å²) in [5, 5.41) is 4.13. The Labute approximate surface area is 148 Å². The molecule has 0 radical (unpaired) electrons. The van der Waals surface area contributed by atoms with Gasteiger partial charge in [-0.05, 0) is 24.0 Å². The zero-order valence-electron chi connectivity index (χ0n) is 15.5. The molecule has 134 valence electrons. The van der Waals surface area contributed by atoms with Gasteiger partial charge in [0.15, 0.2) is 0 Å². The lowest BCUT2D eigenvalue weighted by molar-refractivity contribution is -0.128. The SMILES string of the molecule is Cc1[nH]c2ccccc2c1CC(=O)NC1CC(=O)N(CC(C)(C)C)C1. The van der Waals surface area contributed by atoms with Gasteiger partial charge in [-0.2, -0.15) is 0 Å². The van der Waals surface area contributed by atoms with Gasteiger partial charge in [0.25, 0.3) is 0 Å². The highest BCUT2D eigenvalue weighted by Crippen LogP contribution is 2.23. The van der Waals surface area contributed by atoms with E-state index in [-0.39, 0.29) is 23.3 Å². The van der Waals surface area contributed by atoms with Gasteiger partial charge in [0.05, 0.1) is 12.5 Å². The first-order valence-corrected chi connectivity index (χ1v) is 8.86. The van der Waals surface area contributed by atoms with Crippen LogP contribution in [0.25, 0.3) is 10.9 Å². The van der Waals surface area contributed by atoms with Crippen molar-refractivity contribution < 1.29 is 9.59 Å². The van der Waals surface area contributed by atoms with Crippen molar-refractivity contribution in [2.45, 2.75) is 46.6 Å². The Morgan fingerprint density at radius 3 is 2.76 bits per heavy atom. The van der Waals surface area contributed by atoms with Crippen LogP contribution >= 0.6 is 0 Å². The first-order valence-electron chi connectivity index (χ1n) is 8.86. The van der Waals surface area contributed by atoms with Gasteiger partial charge < -0.3 is 15.2 Å². The number of para-hydroxylation sites is 1. The summed E-state index contributed by atoms with van der Waals surface area (Å²) in [6, 6.07) is 7.93. The Balaban J connectivity index is 1.63. The molecule has 2 N–H and O–H groups in total. The highest BCUT2D eigenvalue weighted by atomic mass is 16.2. The normalized spacial score (nSPS) is 18.2. The lowest BCUT2D eigenvalue weighted by Gasteiger charge is -2.26. The van der Waals surface area contributed by atoms with Crippen LogP contribution < -0.4 is 5.32 Å². The lowest BCUT2D eigenvalue weighted by Crippen LogP contribution is -2.39. The van der Waals surface area contributed by atoms with Crippen molar-refractivity contribution in [2.24, 2.45) is 5.41 Å². The molecule has 0 saturated carbocycles. The van der Waals surface area contributed by atoms with Gasteiger partial charge in [-0.25, -0.2) is 0 Å². The summed E-state index contributed by atoms with van der Waals surface area (Å²) < 4.78 is 0. The molecule has 1 saturated heterocycles. The zero-order chi connectivity index (χ0) is 18.2. The van der Waals surface area contributed by atoms with E-state index in [1.165, 1.54) is 0 Å². The Kier molecular flexibility index (Phi) is 4.58. The second-order valence-corrected chi connectivity index (χ2v) is 8.25. The summed E-state index contributed by atoms with van der Waals surface area (Å²) in [7, 11) is 0. The fourth-order valence-electron chi connectivity index (χ4n) is 3.60. The molecule has 1 atom stereocenters. The highest BCUT2D eigenvalue weighted by molar-refractivity contribution is 5.90. The summed E-state index contributed by atoms with van der Waals surface area (Å²) in [6.07, 6.45) is 0.731. The van der Waals surface area contributed by atoms with Crippen molar-refractivity contribution in [3.63, 3.8) is 0 Å². The van der Waals surface area contributed by atoms with Crippen molar-refractivity contribution in [1.29, 1.82) is 0 Å². The van der Waals surface area contributed by atoms with Crippen molar-refractivity contribution in [2.75, 3.05) is 13.1 Å². The molecule has 2 amide bonds. The van der Waals surface area contributed by atoms with Gasteiger partial charge in [-0.15, -0.1) is 0 Å². The van der Waals surface area contributed by atoms with Crippen molar-refractivity contribution >= 4 is 22.7 Å². The molecule has 1 aromatic heterocycles. The predicted molar refractivity (Wildman–Crippen MR) is 99.3 cm³/mol. The minimum absolute atomic E-state index is 0.0248.